The van der Waals surface area contributed by atoms with Gasteiger partial charge in [0.1, 0.15) is 0 Å². The van der Waals surface area contributed by atoms with Crippen molar-refractivity contribution in [3.63, 3.8) is 0 Å². The summed E-state index contributed by atoms with van der Waals surface area (Å²) in [5, 5.41) is 0. The summed E-state index contributed by atoms with van der Waals surface area (Å²) in [6.45, 7) is 3.29. The normalized spacial score (nSPS) is 21.9. The Morgan fingerprint density at radius 1 is 1.29 bits per heavy atom. The molecular weight excluding hydrogens is 208 g/mol. The molecule has 3 rings (SSSR count). The van der Waals surface area contributed by atoms with Crippen molar-refractivity contribution in [2.75, 3.05) is 11.4 Å². The molecule has 92 valence electrons. The first kappa shape index (κ1) is 11.1. The lowest BCUT2D eigenvalue weighted by molar-refractivity contribution is 0.625. The number of hydrogen-bond acceptors (Lipinski definition) is 2. The molecule has 0 bridgehead atoms. The maximum atomic E-state index is 6.07. The third kappa shape index (κ3) is 1.85. The van der Waals surface area contributed by atoms with Crippen LogP contribution in [0.3, 0.4) is 0 Å². The van der Waals surface area contributed by atoms with Gasteiger partial charge in [0.2, 0.25) is 0 Å². The monoisotopic (exact) mass is 230 g/mol. The number of rotatable bonds is 2. The van der Waals surface area contributed by atoms with Gasteiger partial charge >= 0.3 is 0 Å². The molecule has 0 radical (unpaired) electrons. The Labute approximate surface area is 104 Å². The van der Waals surface area contributed by atoms with Crippen molar-refractivity contribution in [1.82, 2.24) is 0 Å². The number of fused-ring (bicyclic) bond motifs is 1. The van der Waals surface area contributed by atoms with Gasteiger partial charge in [-0.15, -0.1) is 0 Å². The Morgan fingerprint density at radius 2 is 2.06 bits per heavy atom. The van der Waals surface area contributed by atoms with Crippen LogP contribution in [0.4, 0.5) is 5.69 Å². The van der Waals surface area contributed by atoms with Crippen LogP contribution in [0.1, 0.15) is 49.8 Å². The Bertz CT molecular complexity index is 405. The fraction of sp³-hybridized carbons (Fsp3) is 0.600. The van der Waals surface area contributed by atoms with Gasteiger partial charge in [0.15, 0.2) is 0 Å². The standard InChI is InChI=1S/C15H22N2/c1-11(16)13-7-4-8-15-14(13)9-10-17(15)12-5-2-3-6-12/h4,7-8,11-12H,2-3,5-6,9-10,16H2,1H3. The molecule has 1 saturated carbocycles. The van der Waals surface area contributed by atoms with Crippen LogP contribution in [0, 0.1) is 0 Å². The average molecular weight is 230 g/mol. The van der Waals surface area contributed by atoms with Gasteiger partial charge < -0.3 is 10.6 Å². The lowest BCUT2D eigenvalue weighted by Crippen LogP contribution is -2.31. The van der Waals surface area contributed by atoms with Gasteiger partial charge in [0, 0.05) is 24.3 Å². The first-order valence-electron chi connectivity index (χ1n) is 6.91. The van der Waals surface area contributed by atoms with Crippen molar-refractivity contribution in [2.24, 2.45) is 5.73 Å². The van der Waals surface area contributed by atoms with Crippen molar-refractivity contribution in [2.45, 2.75) is 51.1 Å². The highest BCUT2D eigenvalue weighted by molar-refractivity contribution is 5.62. The maximum absolute atomic E-state index is 6.07. The van der Waals surface area contributed by atoms with Crippen LogP contribution in [-0.2, 0) is 6.42 Å². The molecule has 1 fully saturated rings. The third-order valence-corrected chi connectivity index (χ3v) is 4.36. The van der Waals surface area contributed by atoms with Crippen LogP contribution in [0.2, 0.25) is 0 Å². The minimum absolute atomic E-state index is 0.161. The molecule has 1 aliphatic carbocycles. The van der Waals surface area contributed by atoms with E-state index in [1.807, 2.05) is 0 Å². The second-order valence-corrected chi connectivity index (χ2v) is 5.52. The van der Waals surface area contributed by atoms with Crippen molar-refractivity contribution in [3.8, 4) is 0 Å². The van der Waals surface area contributed by atoms with Gasteiger partial charge in [0.05, 0.1) is 0 Å². The number of hydrogen-bond donors (Lipinski definition) is 1. The van der Waals surface area contributed by atoms with E-state index in [0.29, 0.717) is 0 Å². The summed E-state index contributed by atoms with van der Waals surface area (Å²) in [5.74, 6) is 0. The van der Waals surface area contributed by atoms with E-state index < -0.39 is 0 Å². The van der Waals surface area contributed by atoms with E-state index in [-0.39, 0.29) is 6.04 Å². The number of nitrogens with zero attached hydrogens (tertiary/aromatic N) is 1. The largest absolute Gasteiger partial charge is 0.368 e. The summed E-state index contributed by atoms with van der Waals surface area (Å²) in [4.78, 5) is 2.63. The van der Waals surface area contributed by atoms with Crippen LogP contribution in [-0.4, -0.2) is 12.6 Å². The van der Waals surface area contributed by atoms with E-state index in [1.54, 1.807) is 0 Å². The van der Waals surface area contributed by atoms with E-state index in [0.717, 1.165) is 6.04 Å². The number of nitrogens with two attached hydrogens (primary N) is 1. The fourth-order valence-corrected chi connectivity index (χ4v) is 3.51. The van der Waals surface area contributed by atoms with Gasteiger partial charge in [0.25, 0.3) is 0 Å². The highest BCUT2D eigenvalue weighted by Crippen LogP contribution is 2.37. The minimum atomic E-state index is 0.161. The Balaban J connectivity index is 1.94. The van der Waals surface area contributed by atoms with Crippen molar-refractivity contribution >= 4 is 5.69 Å². The summed E-state index contributed by atoms with van der Waals surface area (Å²) in [6, 6.07) is 7.60. The zero-order chi connectivity index (χ0) is 11.8. The molecule has 1 aromatic carbocycles. The Hall–Kier alpha value is -1.02. The zero-order valence-electron chi connectivity index (χ0n) is 10.7. The quantitative estimate of drug-likeness (QED) is 0.846. The third-order valence-electron chi connectivity index (χ3n) is 4.36. The molecule has 1 unspecified atom stereocenters. The van der Waals surface area contributed by atoms with Gasteiger partial charge in [-0.3, -0.25) is 0 Å². The van der Waals surface area contributed by atoms with E-state index in [9.17, 15) is 0 Å². The lowest BCUT2D eigenvalue weighted by Gasteiger charge is -2.27. The molecule has 1 atom stereocenters. The fourth-order valence-electron chi connectivity index (χ4n) is 3.51. The molecule has 1 heterocycles. The average Bonchev–Trinajstić information content (AvgIpc) is 2.96. The Morgan fingerprint density at radius 3 is 2.76 bits per heavy atom. The van der Waals surface area contributed by atoms with E-state index in [1.165, 1.54) is 55.5 Å². The first-order chi connectivity index (χ1) is 8.27. The molecule has 1 aliphatic heterocycles. The summed E-state index contributed by atoms with van der Waals surface area (Å²) in [6.07, 6.45) is 6.75. The van der Waals surface area contributed by atoms with Crippen LogP contribution >= 0.6 is 0 Å². The molecule has 2 N–H and O–H groups in total. The van der Waals surface area contributed by atoms with E-state index in [2.05, 4.69) is 30.0 Å². The minimum Gasteiger partial charge on any atom is -0.368 e. The van der Waals surface area contributed by atoms with Gasteiger partial charge in [-0.05, 0) is 43.4 Å². The van der Waals surface area contributed by atoms with Gasteiger partial charge in [-0.1, -0.05) is 25.0 Å². The first-order valence-corrected chi connectivity index (χ1v) is 6.91. The van der Waals surface area contributed by atoms with Crippen LogP contribution < -0.4 is 10.6 Å². The van der Waals surface area contributed by atoms with Crippen LogP contribution in [0.15, 0.2) is 18.2 Å². The summed E-state index contributed by atoms with van der Waals surface area (Å²) >= 11 is 0. The molecule has 0 aromatic heterocycles. The highest BCUT2D eigenvalue weighted by Gasteiger charge is 2.29. The van der Waals surface area contributed by atoms with E-state index in [4.69, 9.17) is 5.73 Å². The molecule has 2 heteroatoms. The molecule has 2 nitrogen and oxygen atoms in total. The smallest absolute Gasteiger partial charge is 0.0405 e. The maximum Gasteiger partial charge on any atom is 0.0405 e. The zero-order valence-corrected chi connectivity index (χ0v) is 10.7. The van der Waals surface area contributed by atoms with Gasteiger partial charge in [-0.2, -0.15) is 0 Å². The van der Waals surface area contributed by atoms with Crippen LogP contribution in [0.25, 0.3) is 0 Å². The van der Waals surface area contributed by atoms with E-state index >= 15 is 0 Å². The second kappa shape index (κ2) is 4.34. The SMILES string of the molecule is CC(N)c1cccc2c1CCN2C1CCCC1. The number of benzene rings is 1. The molecule has 17 heavy (non-hydrogen) atoms. The summed E-state index contributed by atoms with van der Waals surface area (Å²) in [5.41, 5.74) is 10.4. The lowest BCUT2D eigenvalue weighted by atomic mass is 10.00. The predicted molar refractivity (Wildman–Crippen MR) is 72.4 cm³/mol. The summed E-state index contributed by atoms with van der Waals surface area (Å²) in [7, 11) is 0. The second-order valence-electron chi connectivity index (χ2n) is 5.52. The van der Waals surface area contributed by atoms with Crippen LogP contribution in [0.5, 0.6) is 0 Å². The Kier molecular flexibility index (Phi) is 2.83. The predicted octanol–water partition coefficient (Wildman–Crippen LogP) is 3.01. The van der Waals surface area contributed by atoms with Gasteiger partial charge in [-0.25, -0.2) is 0 Å². The topological polar surface area (TPSA) is 29.3 Å². The highest BCUT2D eigenvalue weighted by atomic mass is 15.2. The molecule has 0 spiro atoms. The molecule has 0 amide bonds. The molecule has 1 aromatic rings. The molecule has 2 aliphatic rings. The van der Waals surface area contributed by atoms with Crippen molar-refractivity contribution < 1.29 is 0 Å². The number of anilines is 1. The van der Waals surface area contributed by atoms with Crippen molar-refractivity contribution in [3.05, 3.63) is 29.3 Å². The summed E-state index contributed by atoms with van der Waals surface area (Å²) < 4.78 is 0. The molecular formula is C15H22N2. The van der Waals surface area contributed by atoms with Crippen molar-refractivity contribution in [1.29, 1.82) is 0 Å². The molecule has 0 saturated heterocycles.